The van der Waals surface area contributed by atoms with E-state index in [1.807, 2.05) is 0 Å². The smallest absolute Gasteiger partial charge is 0.305 e. The van der Waals surface area contributed by atoms with Crippen LogP contribution in [0, 0.1) is 10.1 Å². The molecule has 0 aromatic carbocycles. The first-order chi connectivity index (χ1) is 8.50. The molecule has 2 aromatic heterocycles. The number of nitro groups is 1. The van der Waals surface area contributed by atoms with E-state index in [4.69, 9.17) is 0 Å². The van der Waals surface area contributed by atoms with Gasteiger partial charge in [0.15, 0.2) is 0 Å². The van der Waals surface area contributed by atoms with Crippen LogP contribution in [-0.4, -0.2) is 19.3 Å². The first-order valence-corrected chi connectivity index (χ1v) is 5.41. The number of pyridine rings is 1. The minimum absolute atomic E-state index is 0.160. The third-order valence-electron chi connectivity index (χ3n) is 2.53. The van der Waals surface area contributed by atoms with Crippen molar-refractivity contribution in [1.82, 2.24) is 14.3 Å². The highest BCUT2D eigenvalue weighted by Gasteiger charge is 2.18. The van der Waals surface area contributed by atoms with E-state index in [0.29, 0.717) is 5.69 Å². The van der Waals surface area contributed by atoms with Crippen LogP contribution in [0.5, 0.6) is 0 Å². The van der Waals surface area contributed by atoms with E-state index >= 15 is 0 Å². The lowest BCUT2D eigenvalue weighted by molar-refractivity contribution is -0.386. The molecule has 0 amide bonds. The fourth-order valence-electron chi connectivity index (χ4n) is 1.63. The van der Waals surface area contributed by atoms with E-state index in [1.54, 1.807) is 38.5 Å². The Bertz CT molecular complexity index is 628. The molecule has 0 saturated heterocycles. The van der Waals surface area contributed by atoms with Crippen LogP contribution in [0.1, 0.15) is 19.9 Å². The SMILES string of the molecule is CC(C)n1cc(-n2cccn2)cc([N+](=O)[O-])c1=O. The van der Waals surface area contributed by atoms with Gasteiger partial charge in [-0.25, -0.2) is 4.68 Å². The summed E-state index contributed by atoms with van der Waals surface area (Å²) in [6, 6.07) is 2.77. The molecule has 0 atom stereocenters. The molecule has 0 aliphatic heterocycles. The summed E-state index contributed by atoms with van der Waals surface area (Å²) in [7, 11) is 0. The van der Waals surface area contributed by atoms with Crippen LogP contribution in [0.2, 0.25) is 0 Å². The summed E-state index contributed by atoms with van der Waals surface area (Å²) < 4.78 is 2.81. The summed E-state index contributed by atoms with van der Waals surface area (Å²) in [5.41, 5.74) is -0.567. The minimum Gasteiger partial charge on any atom is -0.305 e. The van der Waals surface area contributed by atoms with Crippen LogP contribution in [0.3, 0.4) is 0 Å². The molecule has 0 aliphatic carbocycles. The van der Waals surface area contributed by atoms with Gasteiger partial charge in [0, 0.05) is 30.7 Å². The van der Waals surface area contributed by atoms with Gasteiger partial charge in [-0.15, -0.1) is 0 Å². The molecule has 0 aliphatic rings. The highest BCUT2D eigenvalue weighted by molar-refractivity contribution is 5.39. The van der Waals surface area contributed by atoms with Gasteiger partial charge in [-0.1, -0.05) is 0 Å². The number of rotatable bonds is 3. The van der Waals surface area contributed by atoms with Crippen LogP contribution in [0.4, 0.5) is 5.69 Å². The fourth-order valence-corrected chi connectivity index (χ4v) is 1.63. The lowest BCUT2D eigenvalue weighted by Crippen LogP contribution is -2.24. The van der Waals surface area contributed by atoms with E-state index in [-0.39, 0.29) is 6.04 Å². The Morgan fingerprint density at radius 1 is 1.44 bits per heavy atom. The topological polar surface area (TPSA) is 83.0 Å². The van der Waals surface area contributed by atoms with E-state index in [1.165, 1.54) is 15.3 Å². The predicted octanol–water partition coefficient (Wildman–Crippen LogP) is 1.52. The van der Waals surface area contributed by atoms with Gasteiger partial charge in [0.1, 0.15) is 0 Å². The van der Waals surface area contributed by atoms with Crippen LogP contribution in [-0.2, 0) is 0 Å². The molecule has 94 valence electrons. The van der Waals surface area contributed by atoms with E-state index in [9.17, 15) is 14.9 Å². The molecule has 0 spiro atoms. The van der Waals surface area contributed by atoms with Crippen molar-refractivity contribution in [2.45, 2.75) is 19.9 Å². The van der Waals surface area contributed by atoms with Crippen LogP contribution < -0.4 is 5.56 Å². The molecule has 0 N–H and O–H groups in total. The van der Waals surface area contributed by atoms with Crippen molar-refractivity contribution in [2.24, 2.45) is 0 Å². The Kier molecular flexibility index (Phi) is 2.97. The maximum absolute atomic E-state index is 11.9. The van der Waals surface area contributed by atoms with Gasteiger partial charge < -0.3 is 4.57 Å². The lowest BCUT2D eigenvalue weighted by Gasteiger charge is -2.11. The van der Waals surface area contributed by atoms with Crippen molar-refractivity contribution >= 4 is 5.69 Å². The largest absolute Gasteiger partial charge is 0.336 e. The van der Waals surface area contributed by atoms with Gasteiger partial charge in [0.25, 0.3) is 0 Å². The van der Waals surface area contributed by atoms with Gasteiger partial charge in [-0.3, -0.25) is 14.9 Å². The van der Waals surface area contributed by atoms with Gasteiger partial charge in [-0.05, 0) is 19.9 Å². The Morgan fingerprint density at radius 2 is 2.17 bits per heavy atom. The van der Waals surface area contributed by atoms with Crippen LogP contribution >= 0.6 is 0 Å². The average molecular weight is 248 g/mol. The maximum Gasteiger partial charge on any atom is 0.336 e. The minimum atomic E-state index is -0.672. The molecule has 0 radical (unpaired) electrons. The Balaban J connectivity index is 2.70. The van der Waals surface area contributed by atoms with Crippen LogP contribution in [0.15, 0.2) is 35.5 Å². The second-order valence-corrected chi connectivity index (χ2v) is 4.10. The molecular formula is C11H12N4O3. The average Bonchev–Trinajstić information content (AvgIpc) is 2.82. The first kappa shape index (κ1) is 12.0. The summed E-state index contributed by atoms with van der Waals surface area (Å²) in [6.45, 7) is 3.58. The van der Waals surface area contributed by atoms with Gasteiger partial charge in [0.2, 0.25) is 0 Å². The van der Waals surface area contributed by atoms with E-state index < -0.39 is 16.2 Å². The van der Waals surface area contributed by atoms with Crippen molar-refractivity contribution in [2.75, 3.05) is 0 Å². The van der Waals surface area contributed by atoms with Crippen LogP contribution in [0.25, 0.3) is 5.69 Å². The summed E-state index contributed by atoms with van der Waals surface area (Å²) in [5, 5.41) is 14.9. The fraction of sp³-hybridized carbons (Fsp3) is 0.273. The predicted molar refractivity (Wildman–Crippen MR) is 64.9 cm³/mol. The quantitative estimate of drug-likeness (QED) is 0.609. The lowest BCUT2D eigenvalue weighted by atomic mass is 10.3. The number of aromatic nitrogens is 3. The van der Waals surface area contributed by atoms with Gasteiger partial charge in [0.05, 0.1) is 10.6 Å². The zero-order valence-corrected chi connectivity index (χ0v) is 9.98. The summed E-state index contributed by atoms with van der Waals surface area (Å²) in [6.07, 6.45) is 4.79. The number of hydrogen-bond acceptors (Lipinski definition) is 4. The van der Waals surface area contributed by atoms with Crippen molar-refractivity contribution in [3.05, 3.63) is 51.2 Å². The zero-order valence-electron chi connectivity index (χ0n) is 9.98. The monoisotopic (exact) mass is 248 g/mol. The Hall–Kier alpha value is -2.44. The Labute approximate surface area is 102 Å². The molecule has 2 rings (SSSR count). The molecule has 0 unspecified atom stereocenters. The molecule has 0 saturated carbocycles. The highest BCUT2D eigenvalue weighted by Crippen LogP contribution is 2.14. The maximum atomic E-state index is 11.9. The van der Waals surface area contributed by atoms with Gasteiger partial charge >= 0.3 is 11.2 Å². The summed E-state index contributed by atoms with van der Waals surface area (Å²) in [4.78, 5) is 22.1. The van der Waals surface area contributed by atoms with Crippen molar-refractivity contribution in [1.29, 1.82) is 0 Å². The second kappa shape index (κ2) is 4.44. The van der Waals surface area contributed by atoms with E-state index in [2.05, 4.69) is 5.10 Å². The number of hydrogen-bond donors (Lipinski definition) is 0. The molecule has 2 aromatic rings. The molecule has 7 heteroatoms. The normalized spacial score (nSPS) is 10.8. The third-order valence-corrected chi connectivity index (χ3v) is 2.53. The van der Waals surface area contributed by atoms with Crippen molar-refractivity contribution in [3.8, 4) is 5.69 Å². The summed E-state index contributed by atoms with van der Waals surface area (Å²) in [5.74, 6) is 0. The third kappa shape index (κ3) is 2.02. The Morgan fingerprint density at radius 3 is 2.67 bits per heavy atom. The van der Waals surface area contributed by atoms with Crippen molar-refractivity contribution in [3.63, 3.8) is 0 Å². The summed E-state index contributed by atoms with van der Waals surface area (Å²) >= 11 is 0. The highest BCUT2D eigenvalue weighted by atomic mass is 16.6. The van der Waals surface area contributed by atoms with E-state index in [0.717, 1.165) is 0 Å². The molecule has 18 heavy (non-hydrogen) atoms. The van der Waals surface area contributed by atoms with Crippen molar-refractivity contribution < 1.29 is 4.92 Å². The second-order valence-electron chi connectivity index (χ2n) is 4.10. The first-order valence-electron chi connectivity index (χ1n) is 5.41. The molecule has 7 nitrogen and oxygen atoms in total. The standard InChI is InChI=1S/C11H12N4O3/c1-8(2)13-7-9(14-5-3-4-12-14)6-10(11(13)16)15(17)18/h3-8H,1-2H3. The zero-order chi connectivity index (χ0) is 13.3. The molecule has 0 bridgehead atoms. The molecule has 2 heterocycles. The molecule has 0 fully saturated rings. The molecular weight excluding hydrogens is 236 g/mol. The number of nitrogens with zero attached hydrogens (tertiary/aromatic N) is 4. The van der Waals surface area contributed by atoms with Gasteiger partial charge in [-0.2, -0.15) is 5.10 Å².